The highest BCUT2D eigenvalue weighted by atomic mass is 35.5. The van der Waals surface area contributed by atoms with E-state index < -0.39 is 0 Å². The van der Waals surface area contributed by atoms with Gasteiger partial charge in [0.1, 0.15) is 11.5 Å². The molecular weight excluding hydrogens is 272 g/mol. The predicted molar refractivity (Wildman–Crippen MR) is 83.2 cm³/mol. The van der Waals surface area contributed by atoms with Crippen LogP contribution in [0.1, 0.15) is 27.6 Å². The van der Waals surface area contributed by atoms with Crippen LogP contribution in [0.3, 0.4) is 0 Å². The molecule has 0 aliphatic rings. The summed E-state index contributed by atoms with van der Waals surface area (Å²) in [6.45, 7) is 4.09. The Balaban J connectivity index is 2.45. The quantitative estimate of drug-likeness (QED) is 0.763. The molecule has 0 bridgehead atoms. The van der Waals surface area contributed by atoms with Crippen molar-refractivity contribution in [2.75, 3.05) is 14.2 Å². The Morgan fingerprint density at radius 2 is 1.65 bits per heavy atom. The van der Waals surface area contributed by atoms with Crippen LogP contribution in [0.5, 0.6) is 11.5 Å². The van der Waals surface area contributed by atoms with Crippen molar-refractivity contribution in [3.8, 4) is 11.5 Å². The minimum atomic E-state index is -0.240. The summed E-state index contributed by atoms with van der Waals surface area (Å²) >= 11 is 6.67. The number of benzene rings is 2. The zero-order chi connectivity index (χ0) is 14.7. The van der Waals surface area contributed by atoms with Gasteiger partial charge in [-0.25, -0.2) is 0 Å². The van der Waals surface area contributed by atoms with Gasteiger partial charge in [0, 0.05) is 5.56 Å². The van der Waals surface area contributed by atoms with Gasteiger partial charge in [0.25, 0.3) is 0 Å². The number of methoxy groups -OCH3 is 2. The number of aryl methyl sites for hydroxylation is 2. The molecule has 106 valence electrons. The lowest BCUT2D eigenvalue weighted by Gasteiger charge is -2.17. The highest BCUT2D eigenvalue weighted by Gasteiger charge is 2.18. The predicted octanol–water partition coefficient (Wildman–Crippen LogP) is 4.65. The molecule has 2 aromatic rings. The lowest BCUT2D eigenvalue weighted by atomic mass is 9.98. The smallest absolute Gasteiger partial charge is 0.123 e. The first kappa shape index (κ1) is 14.7. The molecule has 2 rings (SSSR count). The first-order valence-corrected chi connectivity index (χ1v) is 6.93. The Hall–Kier alpha value is -1.67. The van der Waals surface area contributed by atoms with Gasteiger partial charge in [-0.05, 0) is 43.2 Å². The summed E-state index contributed by atoms with van der Waals surface area (Å²) in [5.41, 5.74) is 4.32. The van der Waals surface area contributed by atoms with E-state index in [2.05, 4.69) is 6.07 Å². The van der Waals surface area contributed by atoms with Crippen LogP contribution in [0.2, 0.25) is 0 Å². The van der Waals surface area contributed by atoms with Crippen molar-refractivity contribution in [1.29, 1.82) is 0 Å². The second kappa shape index (κ2) is 6.19. The number of alkyl halides is 1. The van der Waals surface area contributed by atoms with Crippen molar-refractivity contribution >= 4 is 11.6 Å². The zero-order valence-electron chi connectivity index (χ0n) is 12.2. The average molecular weight is 291 g/mol. The lowest BCUT2D eigenvalue weighted by Crippen LogP contribution is -2.00. The summed E-state index contributed by atoms with van der Waals surface area (Å²) in [5, 5.41) is -0.240. The van der Waals surface area contributed by atoms with Crippen molar-refractivity contribution in [1.82, 2.24) is 0 Å². The Labute approximate surface area is 125 Å². The summed E-state index contributed by atoms with van der Waals surface area (Å²) in [7, 11) is 3.33. The fourth-order valence-corrected chi connectivity index (χ4v) is 2.69. The second-order valence-corrected chi connectivity index (χ2v) is 5.27. The Morgan fingerprint density at radius 3 is 2.25 bits per heavy atom. The van der Waals surface area contributed by atoms with Crippen LogP contribution in [-0.2, 0) is 0 Å². The van der Waals surface area contributed by atoms with E-state index in [0.717, 1.165) is 33.8 Å². The van der Waals surface area contributed by atoms with Crippen LogP contribution in [0.25, 0.3) is 0 Å². The molecule has 0 heterocycles. The average Bonchev–Trinajstić information content (AvgIpc) is 2.46. The van der Waals surface area contributed by atoms with Crippen LogP contribution in [-0.4, -0.2) is 14.2 Å². The van der Waals surface area contributed by atoms with Gasteiger partial charge in [-0.15, -0.1) is 11.6 Å². The number of halogens is 1. The van der Waals surface area contributed by atoms with Gasteiger partial charge in [-0.2, -0.15) is 0 Å². The molecular formula is C17H19ClO2. The van der Waals surface area contributed by atoms with E-state index >= 15 is 0 Å². The number of hydrogen-bond acceptors (Lipinski definition) is 2. The summed E-state index contributed by atoms with van der Waals surface area (Å²) in [6, 6.07) is 12.0. The first-order valence-electron chi connectivity index (χ1n) is 6.50. The monoisotopic (exact) mass is 290 g/mol. The molecule has 0 aliphatic carbocycles. The van der Waals surface area contributed by atoms with Gasteiger partial charge < -0.3 is 9.47 Å². The molecule has 0 aliphatic heterocycles. The molecule has 0 amide bonds. The Kier molecular flexibility index (Phi) is 4.56. The molecule has 0 saturated carbocycles. The van der Waals surface area contributed by atoms with Crippen molar-refractivity contribution < 1.29 is 9.47 Å². The molecule has 1 atom stereocenters. The van der Waals surface area contributed by atoms with E-state index in [-0.39, 0.29) is 5.38 Å². The maximum Gasteiger partial charge on any atom is 0.123 e. The van der Waals surface area contributed by atoms with Crippen LogP contribution in [0.15, 0.2) is 36.4 Å². The normalized spacial score (nSPS) is 12.1. The fraction of sp³-hybridized carbons (Fsp3) is 0.294. The third kappa shape index (κ3) is 2.91. The van der Waals surface area contributed by atoms with E-state index in [1.54, 1.807) is 14.2 Å². The minimum absolute atomic E-state index is 0.240. The van der Waals surface area contributed by atoms with Crippen LogP contribution < -0.4 is 9.47 Å². The van der Waals surface area contributed by atoms with Crippen molar-refractivity contribution in [3.63, 3.8) is 0 Å². The molecule has 0 radical (unpaired) electrons. The maximum absolute atomic E-state index is 6.67. The first-order chi connectivity index (χ1) is 9.56. The van der Waals surface area contributed by atoms with Crippen LogP contribution >= 0.6 is 11.6 Å². The number of ether oxygens (including phenoxy) is 2. The van der Waals surface area contributed by atoms with E-state index in [0.29, 0.717) is 0 Å². The Morgan fingerprint density at radius 1 is 0.900 bits per heavy atom. The van der Waals surface area contributed by atoms with Gasteiger partial charge >= 0.3 is 0 Å². The van der Waals surface area contributed by atoms with Crippen molar-refractivity contribution in [3.05, 3.63) is 58.7 Å². The fourth-order valence-electron chi connectivity index (χ4n) is 2.28. The molecule has 3 heteroatoms. The van der Waals surface area contributed by atoms with Crippen molar-refractivity contribution in [2.45, 2.75) is 19.2 Å². The van der Waals surface area contributed by atoms with Gasteiger partial charge in [0.05, 0.1) is 19.6 Å². The molecule has 2 nitrogen and oxygen atoms in total. The highest BCUT2D eigenvalue weighted by Crippen LogP contribution is 2.37. The molecule has 0 fully saturated rings. The van der Waals surface area contributed by atoms with Crippen LogP contribution in [0.4, 0.5) is 0 Å². The summed E-state index contributed by atoms with van der Waals surface area (Å²) in [4.78, 5) is 0. The van der Waals surface area contributed by atoms with Crippen LogP contribution in [0, 0.1) is 13.8 Å². The third-order valence-corrected chi connectivity index (χ3v) is 3.88. The standard InChI is InChI=1S/C17H19ClO2/c1-11-5-8-16(20-4)15(9-11)17(18)14-7-6-13(19-3)10-12(14)2/h5-10,17H,1-4H3. The largest absolute Gasteiger partial charge is 0.497 e. The van der Waals surface area contributed by atoms with Crippen molar-refractivity contribution in [2.24, 2.45) is 0 Å². The topological polar surface area (TPSA) is 18.5 Å². The van der Waals surface area contributed by atoms with Gasteiger partial charge in [0.15, 0.2) is 0 Å². The zero-order valence-corrected chi connectivity index (χ0v) is 13.0. The lowest BCUT2D eigenvalue weighted by molar-refractivity contribution is 0.410. The SMILES string of the molecule is COc1ccc(C(Cl)c2cc(C)ccc2OC)c(C)c1. The molecule has 0 spiro atoms. The number of hydrogen-bond donors (Lipinski definition) is 0. The third-order valence-electron chi connectivity index (χ3n) is 3.41. The molecule has 0 N–H and O–H groups in total. The molecule has 0 saturated heterocycles. The van der Waals surface area contributed by atoms with E-state index in [4.69, 9.17) is 21.1 Å². The summed E-state index contributed by atoms with van der Waals surface area (Å²) in [5.74, 6) is 1.65. The van der Waals surface area contributed by atoms with Gasteiger partial charge in [-0.1, -0.05) is 23.8 Å². The molecule has 0 aromatic heterocycles. The van der Waals surface area contributed by atoms with Gasteiger partial charge in [0.2, 0.25) is 0 Å². The molecule has 20 heavy (non-hydrogen) atoms. The van der Waals surface area contributed by atoms with E-state index in [1.165, 1.54) is 0 Å². The van der Waals surface area contributed by atoms with E-state index in [9.17, 15) is 0 Å². The van der Waals surface area contributed by atoms with Gasteiger partial charge in [-0.3, -0.25) is 0 Å². The number of rotatable bonds is 4. The van der Waals surface area contributed by atoms with E-state index in [1.807, 2.05) is 44.2 Å². The molecule has 1 unspecified atom stereocenters. The Bertz CT molecular complexity index is 608. The highest BCUT2D eigenvalue weighted by molar-refractivity contribution is 6.23. The summed E-state index contributed by atoms with van der Waals surface area (Å²) < 4.78 is 10.7. The summed E-state index contributed by atoms with van der Waals surface area (Å²) in [6.07, 6.45) is 0. The minimum Gasteiger partial charge on any atom is -0.497 e. The molecule has 2 aromatic carbocycles. The second-order valence-electron chi connectivity index (χ2n) is 4.83. The maximum atomic E-state index is 6.67.